The summed E-state index contributed by atoms with van der Waals surface area (Å²) < 4.78 is 5.54. The Hall–Kier alpha value is -2.11. The molecule has 0 aliphatic carbocycles. The first kappa shape index (κ1) is 28.9. The minimum atomic E-state index is -0.454. The van der Waals surface area contributed by atoms with E-state index < -0.39 is 5.60 Å². The molecule has 3 aromatic heterocycles. The lowest BCUT2D eigenvalue weighted by Crippen LogP contribution is -2.37. The van der Waals surface area contributed by atoms with E-state index in [1.807, 2.05) is 44.2 Å². The van der Waals surface area contributed by atoms with Crippen LogP contribution < -0.4 is 10.2 Å². The molecule has 2 aliphatic heterocycles. The number of anilines is 2. The van der Waals surface area contributed by atoms with Crippen LogP contribution in [0.5, 0.6) is 0 Å². The standard InChI is InChI=1S/C19H25ClN4O2S2.C6H3Cl2NO/c1-19(2,3)26-18(25)24-8-11-6-23(7-12(11)9-24)16-15(22-17(21-4)28-16)14-5-13(20)10-27-14;7-5-1-4(3-10)2-9-6(5)8/h5,10-12H,6-9H2,1-4H3,(H,21,22);1-3H. The minimum Gasteiger partial charge on any atom is -0.444 e. The van der Waals surface area contributed by atoms with Gasteiger partial charge in [0, 0.05) is 62.2 Å². The Morgan fingerprint density at radius 1 is 1.16 bits per heavy atom. The second-order valence-electron chi connectivity index (χ2n) is 10.0. The van der Waals surface area contributed by atoms with Crippen LogP contribution in [0.25, 0.3) is 10.6 Å². The number of pyridine rings is 1. The Morgan fingerprint density at radius 2 is 1.84 bits per heavy atom. The van der Waals surface area contributed by atoms with Crippen LogP contribution in [0, 0.1) is 11.8 Å². The predicted molar refractivity (Wildman–Crippen MR) is 157 cm³/mol. The molecule has 5 rings (SSSR count). The summed E-state index contributed by atoms with van der Waals surface area (Å²) in [6, 6.07) is 3.44. The Kier molecular flexibility index (Phi) is 9.09. The number of nitrogens with zero attached hydrogens (tertiary/aromatic N) is 4. The van der Waals surface area contributed by atoms with E-state index in [1.54, 1.807) is 22.7 Å². The van der Waals surface area contributed by atoms with Crippen molar-refractivity contribution in [2.24, 2.45) is 11.8 Å². The van der Waals surface area contributed by atoms with Crippen molar-refractivity contribution in [2.45, 2.75) is 26.4 Å². The molecule has 2 fully saturated rings. The summed E-state index contributed by atoms with van der Waals surface area (Å²) in [5, 5.41) is 8.45. The van der Waals surface area contributed by atoms with Crippen LogP contribution in [0.4, 0.5) is 14.9 Å². The van der Waals surface area contributed by atoms with Crippen molar-refractivity contribution < 1.29 is 14.3 Å². The topological polar surface area (TPSA) is 87.7 Å². The molecule has 3 aromatic rings. The highest BCUT2D eigenvalue weighted by atomic mass is 35.5. The summed E-state index contributed by atoms with van der Waals surface area (Å²) in [4.78, 5) is 36.3. The van der Waals surface area contributed by atoms with Crippen molar-refractivity contribution in [1.82, 2.24) is 14.9 Å². The second kappa shape index (κ2) is 12.0. The quantitative estimate of drug-likeness (QED) is 0.248. The van der Waals surface area contributed by atoms with Crippen molar-refractivity contribution in [3.8, 4) is 10.6 Å². The van der Waals surface area contributed by atoms with Crippen molar-refractivity contribution in [3.05, 3.63) is 44.5 Å². The first-order chi connectivity index (χ1) is 18.0. The van der Waals surface area contributed by atoms with E-state index in [1.165, 1.54) is 17.3 Å². The zero-order valence-corrected chi connectivity index (χ0v) is 25.2. The maximum absolute atomic E-state index is 12.4. The molecule has 0 spiro atoms. The van der Waals surface area contributed by atoms with E-state index in [0.29, 0.717) is 28.7 Å². The van der Waals surface area contributed by atoms with E-state index in [-0.39, 0.29) is 11.2 Å². The normalized spacial score (nSPS) is 18.6. The largest absolute Gasteiger partial charge is 0.444 e. The van der Waals surface area contributed by atoms with E-state index in [2.05, 4.69) is 15.2 Å². The maximum atomic E-state index is 12.4. The minimum absolute atomic E-state index is 0.197. The van der Waals surface area contributed by atoms with Gasteiger partial charge in [-0.25, -0.2) is 14.8 Å². The van der Waals surface area contributed by atoms with Gasteiger partial charge >= 0.3 is 6.09 Å². The fourth-order valence-corrected chi connectivity index (χ4v) is 6.73. The number of aromatic nitrogens is 2. The highest BCUT2D eigenvalue weighted by Crippen LogP contribution is 2.45. The molecule has 1 amide bonds. The number of ether oxygens (including phenoxy) is 1. The fourth-order valence-electron chi connectivity index (χ4n) is 4.37. The van der Waals surface area contributed by atoms with Gasteiger partial charge in [-0.1, -0.05) is 46.1 Å². The van der Waals surface area contributed by atoms with Gasteiger partial charge < -0.3 is 19.9 Å². The number of rotatable bonds is 4. The second-order valence-corrected chi connectivity index (χ2v) is 13.1. The maximum Gasteiger partial charge on any atom is 0.410 e. The number of amides is 1. The van der Waals surface area contributed by atoms with E-state index in [4.69, 9.17) is 44.5 Å². The number of hydrogen-bond acceptors (Lipinski definition) is 9. The zero-order chi connectivity index (χ0) is 27.6. The third-order valence-electron chi connectivity index (χ3n) is 6.00. The average Bonchev–Trinajstić information content (AvgIpc) is 3.62. The molecule has 2 unspecified atom stereocenters. The summed E-state index contributed by atoms with van der Waals surface area (Å²) in [6.07, 6.45) is 1.83. The van der Waals surface area contributed by atoms with Crippen LogP contribution in [0.2, 0.25) is 15.2 Å². The lowest BCUT2D eigenvalue weighted by atomic mass is 10.0. The third kappa shape index (κ3) is 6.90. The van der Waals surface area contributed by atoms with Gasteiger partial charge in [0.25, 0.3) is 0 Å². The highest BCUT2D eigenvalue weighted by molar-refractivity contribution is 7.21. The lowest BCUT2D eigenvalue weighted by Gasteiger charge is -2.26. The number of nitrogens with one attached hydrogen (secondary N) is 1. The Labute approximate surface area is 244 Å². The van der Waals surface area contributed by atoms with Crippen molar-refractivity contribution in [2.75, 3.05) is 43.4 Å². The van der Waals surface area contributed by atoms with Gasteiger partial charge in [-0.05, 0) is 32.9 Å². The van der Waals surface area contributed by atoms with Gasteiger partial charge in [0.2, 0.25) is 0 Å². The lowest BCUT2D eigenvalue weighted by molar-refractivity contribution is 0.0282. The van der Waals surface area contributed by atoms with Crippen LogP contribution in [0.15, 0.2) is 23.7 Å². The van der Waals surface area contributed by atoms with Gasteiger partial charge in [-0.3, -0.25) is 4.79 Å². The molecule has 38 heavy (non-hydrogen) atoms. The molecule has 0 bridgehead atoms. The van der Waals surface area contributed by atoms with Crippen molar-refractivity contribution >= 4 is 80.0 Å². The molecule has 0 saturated carbocycles. The first-order valence-electron chi connectivity index (χ1n) is 11.9. The van der Waals surface area contributed by atoms with E-state index in [9.17, 15) is 9.59 Å². The van der Waals surface area contributed by atoms with Gasteiger partial charge in [0.15, 0.2) is 11.4 Å². The molecule has 13 heteroatoms. The molecular weight excluding hydrogens is 589 g/mol. The number of thiophene rings is 1. The van der Waals surface area contributed by atoms with Crippen LogP contribution in [-0.2, 0) is 4.74 Å². The number of fused-ring (bicyclic) bond motifs is 1. The predicted octanol–water partition coefficient (Wildman–Crippen LogP) is 7.07. The number of likely N-dealkylation sites (tertiary alicyclic amines) is 1. The molecule has 1 N–H and O–H groups in total. The molecule has 0 radical (unpaired) electrons. The summed E-state index contributed by atoms with van der Waals surface area (Å²) in [5.41, 5.74) is 0.966. The molecule has 8 nitrogen and oxygen atoms in total. The van der Waals surface area contributed by atoms with Gasteiger partial charge in [0.05, 0.1) is 14.9 Å². The van der Waals surface area contributed by atoms with Crippen molar-refractivity contribution in [3.63, 3.8) is 0 Å². The Bertz CT molecular complexity index is 1300. The van der Waals surface area contributed by atoms with E-state index in [0.717, 1.165) is 46.9 Å². The zero-order valence-electron chi connectivity index (χ0n) is 21.3. The molecular formula is C25H28Cl3N5O3S2. The van der Waals surface area contributed by atoms with E-state index >= 15 is 0 Å². The summed E-state index contributed by atoms with van der Waals surface area (Å²) in [5.74, 6) is 0.930. The Balaban J connectivity index is 0.000000283. The number of aldehydes is 1. The fraction of sp³-hybridized carbons (Fsp3) is 0.440. The summed E-state index contributed by atoms with van der Waals surface area (Å²) in [6.45, 7) is 9.10. The number of carbonyl (C=O) groups excluding carboxylic acids is 2. The summed E-state index contributed by atoms with van der Waals surface area (Å²) in [7, 11) is 1.89. The van der Waals surface area contributed by atoms with Gasteiger partial charge in [-0.2, -0.15) is 0 Å². The first-order valence-corrected chi connectivity index (χ1v) is 14.7. The van der Waals surface area contributed by atoms with Crippen LogP contribution in [-0.4, -0.2) is 66.1 Å². The third-order valence-corrected chi connectivity index (χ3v) is 9.11. The average molecular weight is 617 g/mol. The Morgan fingerprint density at radius 3 is 2.37 bits per heavy atom. The van der Waals surface area contributed by atoms with Crippen LogP contribution in [0.3, 0.4) is 0 Å². The number of hydrogen-bond donors (Lipinski definition) is 1. The SMILES string of the molecule is CNc1nc(-c2cc(Cl)cs2)c(N2CC3CN(C(=O)OC(C)(C)C)CC3C2)s1.O=Cc1cnc(Cl)c(Cl)c1. The monoisotopic (exact) mass is 615 g/mol. The van der Waals surface area contributed by atoms with Gasteiger partial charge in [-0.15, -0.1) is 11.3 Å². The molecule has 0 aromatic carbocycles. The molecule has 5 heterocycles. The highest BCUT2D eigenvalue weighted by Gasteiger charge is 2.43. The molecule has 2 atom stereocenters. The van der Waals surface area contributed by atoms with Crippen molar-refractivity contribution in [1.29, 1.82) is 0 Å². The number of halogens is 3. The summed E-state index contributed by atoms with van der Waals surface area (Å²) >= 11 is 20.5. The number of thiazole rings is 1. The van der Waals surface area contributed by atoms with Crippen LogP contribution in [0.1, 0.15) is 31.1 Å². The molecule has 2 saturated heterocycles. The van der Waals surface area contributed by atoms with Gasteiger partial charge in [0.1, 0.15) is 21.4 Å². The smallest absolute Gasteiger partial charge is 0.410 e. The van der Waals surface area contributed by atoms with Crippen LogP contribution >= 0.6 is 57.5 Å². The number of carbonyl (C=O) groups is 2. The molecule has 204 valence electrons. The molecule has 2 aliphatic rings.